The number of nitrogens with zero attached hydrogens (tertiary/aromatic N) is 1. The number of rotatable bonds is 6. The van der Waals surface area contributed by atoms with Crippen LogP contribution in [0, 0.1) is 10.1 Å². The van der Waals surface area contributed by atoms with Crippen LogP contribution >= 0.6 is 15.9 Å². The molecule has 0 fully saturated rings. The van der Waals surface area contributed by atoms with Crippen LogP contribution in [0.5, 0.6) is 0 Å². The number of nitrogens with two attached hydrogens (primary N) is 1. The summed E-state index contributed by atoms with van der Waals surface area (Å²) in [5, 5.41) is 22.5. The summed E-state index contributed by atoms with van der Waals surface area (Å²) in [6, 6.07) is 4.36. The van der Waals surface area contributed by atoms with Crippen molar-refractivity contribution in [3.05, 3.63) is 38.3 Å². The predicted octanol–water partition coefficient (Wildman–Crippen LogP) is 0.293. The molecule has 18 heavy (non-hydrogen) atoms. The number of non-ortho nitro benzene ring substituents is 1. The fraction of sp³-hybridized carbons (Fsp3) is 0.300. The molecule has 0 radical (unpaired) electrons. The van der Waals surface area contributed by atoms with Gasteiger partial charge in [-0.05, 0) is 11.6 Å². The second kappa shape index (κ2) is 6.43. The van der Waals surface area contributed by atoms with Crippen molar-refractivity contribution in [2.24, 2.45) is 5.73 Å². The molecule has 1 amide bonds. The highest BCUT2D eigenvalue weighted by Crippen LogP contribution is 2.22. The summed E-state index contributed by atoms with van der Waals surface area (Å²) in [4.78, 5) is 20.6. The SMILES string of the molecule is NC(=O)C(O)CNCc1ccc([N+](=O)[O-])cc1Br. The molecule has 0 spiro atoms. The van der Waals surface area contributed by atoms with Crippen LogP contribution in [-0.4, -0.2) is 28.6 Å². The van der Waals surface area contributed by atoms with Gasteiger partial charge in [0.05, 0.1) is 4.92 Å². The number of carbonyl (C=O) groups is 1. The zero-order valence-corrected chi connectivity index (χ0v) is 10.9. The van der Waals surface area contributed by atoms with Gasteiger partial charge in [0.15, 0.2) is 0 Å². The Kier molecular flexibility index (Phi) is 5.20. The van der Waals surface area contributed by atoms with Gasteiger partial charge in [0.1, 0.15) is 6.10 Å². The molecular formula is C10H12BrN3O4. The van der Waals surface area contributed by atoms with Crippen LogP contribution in [0.25, 0.3) is 0 Å². The van der Waals surface area contributed by atoms with Crippen molar-refractivity contribution in [2.75, 3.05) is 6.54 Å². The first-order valence-corrected chi connectivity index (χ1v) is 5.82. The summed E-state index contributed by atoms with van der Waals surface area (Å²) >= 11 is 3.21. The fourth-order valence-electron chi connectivity index (χ4n) is 1.24. The highest BCUT2D eigenvalue weighted by atomic mass is 79.9. The van der Waals surface area contributed by atoms with Gasteiger partial charge in [0.2, 0.25) is 5.91 Å². The summed E-state index contributed by atoms with van der Waals surface area (Å²) in [6.45, 7) is 0.377. The van der Waals surface area contributed by atoms with Gasteiger partial charge in [0.25, 0.3) is 5.69 Å². The van der Waals surface area contributed by atoms with Crippen molar-refractivity contribution in [1.82, 2.24) is 5.32 Å². The zero-order chi connectivity index (χ0) is 13.7. The molecule has 1 atom stereocenters. The third-order valence-electron chi connectivity index (χ3n) is 2.23. The van der Waals surface area contributed by atoms with Gasteiger partial charge >= 0.3 is 0 Å². The number of hydrogen-bond donors (Lipinski definition) is 3. The van der Waals surface area contributed by atoms with Gasteiger partial charge in [-0.2, -0.15) is 0 Å². The average molecular weight is 318 g/mol. The van der Waals surface area contributed by atoms with E-state index in [0.29, 0.717) is 11.0 Å². The van der Waals surface area contributed by atoms with Crippen LogP contribution in [-0.2, 0) is 11.3 Å². The number of nitro benzene ring substituents is 1. The molecule has 0 aliphatic heterocycles. The Bertz CT molecular complexity index is 466. The zero-order valence-electron chi connectivity index (χ0n) is 9.30. The fourth-order valence-corrected chi connectivity index (χ4v) is 1.74. The van der Waals surface area contributed by atoms with Gasteiger partial charge in [-0.3, -0.25) is 14.9 Å². The quantitative estimate of drug-likeness (QED) is 0.515. The Labute approximate surface area is 111 Å². The summed E-state index contributed by atoms with van der Waals surface area (Å²) in [7, 11) is 0. The number of aliphatic hydroxyl groups is 1. The van der Waals surface area contributed by atoms with E-state index in [1.807, 2.05) is 0 Å². The number of benzene rings is 1. The molecule has 4 N–H and O–H groups in total. The van der Waals surface area contributed by atoms with Crippen LogP contribution in [0.4, 0.5) is 5.69 Å². The number of hydrogen-bond acceptors (Lipinski definition) is 5. The second-order valence-corrected chi connectivity index (χ2v) is 4.44. The molecule has 0 saturated heterocycles. The number of halogens is 1. The lowest BCUT2D eigenvalue weighted by Crippen LogP contribution is -2.37. The highest BCUT2D eigenvalue weighted by molar-refractivity contribution is 9.10. The van der Waals surface area contributed by atoms with Gasteiger partial charge in [-0.15, -0.1) is 0 Å². The first kappa shape index (κ1) is 14.6. The third kappa shape index (κ3) is 4.06. The third-order valence-corrected chi connectivity index (χ3v) is 2.97. The normalized spacial score (nSPS) is 12.1. The summed E-state index contributed by atoms with van der Waals surface area (Å²) in [5.74, 6) is -0.801. The lowest BCUT2D eigenvalue weighted by Gasteiger charge is -2.09. The van der Waals surface area contributed by atoms with E-state index in [4.69, 9.17) is 10.8 Å². The molecule has 1 rings (SSSR count). The number of amides is 1. The van der Waals surface area contributed by atoms with Crippen molar-refractivity contribution in [1.29, 1.82) is 0 Å². The van der Waals surface area contributed by atoms with Gasteiger partial charge in [-0.1, -0.05) is 15.9 Å². The van der Waals surface area contributed by atoms with Crippen LogP contribution < -0.4 is 11.1 Å². The molecule has 0 heterocycles. The van der Waals surface area contributed by atoms with Crippen LogP contribution in [0.15, 0.2) is 22.7 Å². The first-order valence-electron chi connectivity index (χ1n) is 5.02. The number of primary amides is 1. The lowest BCUT2D eigenvalue weighted by molar-refractivity contribution is -0.384. The van der Waals surface area contributed by atoms with Crippen molar-refractivity contribution >= 4 is 27.5 Å². The Hall–Kier alpha value is -1.51. The minimum absolute atomic E-state index is 0.0113. The smallest absolute Gasteiger partial charge is 0.270 e. The first-order chi connectivity index (χ1) is 8.41. The van der Waals surface area contributed by atoms with E-state index in [1.165, 1.54) is 12.1 Å². The van der Waals surface area contributed by atoms with Crippen LogP contribution in [0.1, 0.15) is 5.56 Å². The van der Waals surface area contributed by atoms with E-state index in [2.05, 4.69) is 21.2 Å². The molecule has 0 aliphatic rings. The Morgan fingerprint density at radius 3 is 2.78 bits per heavy atom. The van der Waals surface area contributed by atoms with Gasteiger partial charge < -0.3 is 16.2 Å². The number of nitrogens with one attached hydrogen (secondary N) is 1. The Morgan fingerprint density at radius 2 is 2.28 bits per heavy atom. The number of carbonyl (C=O) groups excluding carboxylic acids is 1. The Balaban J connectivity index is 2.58. The molecule has 7 nitrogen and oxygen atoms in total. The molecule has 0 bridgehead atoms. The van der Waals surface area contributed by atoms with E-state index in [0.717, 1.165) is 5.56 Å². The number of aliphatic hydroxyl groups excluding tert-OH is 1. The van der Waals surface area contributed by atoms with Crippen molar-refractivity contribution in [2.45, 2.75) is 12.6 Å². The van der Waals surface area contributed by atoms with Gasteiger partial charge in [0, 0.05) is 29.7 Å². The maximum atomic E-state index is 10.6. The second-order valence-electron chi connectivity index (χ2n) is 3.58. The predicted molar refractivity (Wildman–Crippen MR) is 67.7 cm³/mol. The van der Waals surface area contributed by atoms with Crippen LogP contribution in [0.3, 0.4) is 0 Å². The minimum Gasteiger partial charge on any atom is -0.382 e. The lowest BCUT2D eigenvalue weighted by atomic mass is 10.2. The molecule has 0 aromatic heterocycles. The van der Waals surface area contributed by atoms with Crippen molar-refractivity contribution < 1.29 is 14.8 Å². The van der Waals surface area contributed by atoms with Gasteiger partial charge in [-0.25, -0.2) is 0 Å². The van der Waals surface area contributed by atoms with Crippen LogP contribution in [0.2, 0.25) is 0 Å². The molecule has 0 saturated carbocycles. The molecule has 98 valence electrons. The molecule has 1 aromatic carbocycles. The topological polar surface area (TPSA) is 118 Å². The van der Waals surface area contributed by atoms with E-state index in [9.17, 15) is 14.9 Å². The van der Waals surface area contributed by atoms with Crippen molar-refractivity contribution in [3.8, 4) is 0 Å². The van der Waals surface area contributed by atoms with E-state index in [-0.39, 0.29) is 12.2 Å². The van der Waals surface area contributed by atoms with E-state index >= 15 is 0 Å². The summed E-state index contributed by atoms with van der Waals surface area (Å²) in [6.07, 6.45) is -1.25. The largest absolute Gasteiger partial charge is 0.382 e. The van der Waals surface area contributed by atoms with E-state index < -0.39 is 16.9 Å². The molecule has 0 aliphatic carbocycles. The molecule has 1 unspecified atom stereocenters. The maximum Gasteiger partial charge on any atom is 0.270 e. The molecule has 1 aromatic rings. The summed E-state index contributed by atoms with van der Waals surface area (Å²) < 4.78 is 0.581. The number of nitro groups is 1. The average Bonchev–Trinajstić information content (AvgIpc) is 2.30. The highest BCUT2D eigenvalue weighted by Gasteiger charge is 2.11. The monoisotopic (exact) mass is 317 g/mol. The van der Waals surface area contributed by atoms with E-state index in [1.54, 1.807) is 6.07 Å². The minimum atomic E-state index is -1.25. The molecule has 8 heteroatoms. The molecular weight excluding hydrogens is 306 g/mol. The summed E-state index contributed by atoms with van der Waals surface area (Å²) in [5.41, 5.74) is 5.65. The maximum absolute atomic E-state index is 10.6. The standard InChI is InChI=1S/C10H12BrN3O4/c11-8-3-7(14(17)18)2-1-6(8)4-13-5-9(15)10(12)16/h1-3,9,13,15H,4-5H2,(H2,12,16). The Morgan fingerprint density at radius 1 is 1.61 bits per heavy atom. The van der Waals surface area contributed by atoms with Crippen molar-refractivity contribution in [3.63, 3.8) is 0 Å².